The first-order valence-electron chi connectivity index (χ1n) is 4.52. The lowest BCUT2D eigenvalue weighted by atomic mass is 10.0. The Bertz CT molecular complexity index is 545. The van der Waals surface area contributed by atoms with E-state index in [2.05, 4.69) is 15.9 Å². The molecule has 104 valence electrons. The molecule has 1 aromatic carbocycles. The monoisotopic (exact) mass is 343 g/mol. The summed E-state index contributed by atoms with van der Waals surface area (Å²) in [5.41, 5.74) is -3.21. The molecule has 1 atom stereocenters. The number of aliphatic carboxylic acids is 1. The highest BCUT2D eigenvalue weighted by Crippen LogP contribution is 2.42. The second-order valence-corrected chi connectivity index (χ2v) is 4.15. The molecule has 0 radical (unpaired) electrons. The molecule has 0 aliphatic carbocycles. The molecule has 1 rings (SSSR count). The highest BCUT2D eigenvalue weighted by Gasteiger charge is 2.39. The normalized spacial score (nSPS) is 13.1. The lowest BCUT2D eigenvalue weighted by molar-refractivity contribution is -0.387. The number of aliphatic hydroxyl groups is 1. The smallest absolute Gasteiger partial charge is 0.417 e. The molecule has 0 saturated heterocycles. The third-order valence-electron chi connectivity index (χ3n) is 2.16. The lowest BCUT2D eigenvalue weighted by Crippen LogP contribution is -2.15. The largest absolute Gasteiger partial charge is 0.479 e. The number of benzene rings is 1. The minimum absolute atomic E-state index is 0.457. The number of nitro groups is 1. The molecule has 19 heavy (non-hydrogen) atoms. The van der Waals surface area contributed by atoms with Gasteiger partial charge < -0.3 is 10.2 Å². The van der Waals surface area contributed by atoms with Crippen LogP contribution >= 0.6 is 15.9 Å². The van der Waals surface area contributed by atoms with Crippen molar-refractivity contribution in [1.82, 2.24) is 0 Å². The molecular weight excluding hydrogens is 339 g/mol. The van der Waals surface area contributed by atoms with Gasteiger partial charge in [0, 0.05) is 0 Å². The third-order valence-corrected chi connectivity index (χ3v) is 2.97. The molecule has 0 heterocycles. The number of nitrogens with zero attached hydrogens (tertiary/aromatic N) is 1. The first kappa shape index (κ1) is 15.4. The summed E-state index contributed by atoms with van der Waals surface area (Å²) in [6, 6.07) is 1.02. The zero-order valence-electron chi connectivity index (χ0n) is 8.81. The number of carbonyl (C=O) groups is 1. The van der Waals surface area contributed by atoms with Gasteiger partial charge in [-0.05, 0) is 28.1 Å². The van der Waals surface area contributed by atoms with Crippen LogP contribution in [-0.4, -0.2) is 21.1 Å². The Morgan fingerprint density at radius 2 is 1.95 bits per heavy atom. The quantitative estimate of drug-likeness (QED) is 0.648. The predicted molar refractivity (Wildman–Crippen MR) is 58.4 cm³/mol. The van der Waals surface area contributed by atoms with Gasteiger partial charge in [-0.2, -0.15) is 13.2 Å². The Balaban J connectivity index is 3.58. The summed E-state index contributed by atoms with van der Waals surface area (Å²) in [5.74, 6) is -1.81. The molecule has 0 aliphatic rings. The van der Waals surface area contributed by atoms with Crippen molar-refractivity contribution in [3.63, 3.8) is 0 Å². The number of alkyl halides is 3. The predicted octanol–water partition coefficient (Wildman–Crippen LogP) is 2.49. The zero-order valence-corrected chi connectivity index (χ0v) is 10.4. The Morgan fingerprint density at radius 1 is 1.42 bits per heavy atom. The fourth-order valence-corrected chi connectivity index (χ4v) is 2.07. The van der Waals surface area contributed by atoms with E-state index in [1.54, 1.807) is 0 Å². The number of aliphatic hydroxyl groups excluding tert-OH is 1. The van der Waals surface area contributed by atoms with E-state index in [9.17, 15) is 33.2 Å². The minimum atomic E-state index is -4.85. The number of hydrogen-bond acceptors (Lipinski definition) is 4. The summed E-state index contributed by atoms with van der Waals surface area (Å²) in [5, 5.41) is 28.5. The van der Waals surface area contributed by atoms with E-state index in [1.165, 1.54) is 0 Å². The van der Waals surface area contributed by atoms with Gasteiger partial charge in [0.2, 0.25) is 0 Å². The Hall–Kier alpha value is -1.68. The average Bonchev–Trinajstić information content (AvgIpc) is 2.24. The van der Waals surface area contributed by atoms with Crippen molar-refractivity contribution in [2.24, 2.45) is 0 Å². The maximum absolute atomic E-state index is 12.6. The number of carboxylic acid groups (broad SMARTS) is 1. The summed E-state index contributed by atoms with van der Waals surface area (Å²) in [6.07, 6.45) is -7.14. The lowest BCUT2D eigenvalue weighted by Gasteiger charge is -2.13. The van der Waals surface area contributed by atoms with Crippen LogP contribution in [-0.2, 0) is 11.0 Å². The fraction of sp³-hybridized carbons (Fsp3) is 0.222. The maximum atomic E-state index is 12.6. The van der Waals surface area contributed by atoms with Crippen molar-refractivity contribution in [1.29, 1.82) is 0 Å². The van der Waals surface area contributed by atoms with E-state index in [4.69, 9.17) is 5.11 Å². The molecule has 0 bridgehead atoms. The van der Waals surface area contributed by atoms with Gasteiger partial charge in [0.15, 0.2) is 6.10 Å². The van der Waals surface area contributed by atoms with Crippen LogP contribution < -0.4 is 0 Å². The number of nitro benzene ring substituents is 1. The second-order valence-electron chi connectivity index (χ2n) is 3.36. The average molecular weight is 344 g/mol. The van der Waals surface area contributed by atoms with E-state index in [0.29, 0.717) is 12.1 Å². The van der Waals surface area contributed by atoms with E-state index < -0.39 is 44.5 Å². The van der Waals surface area contributed by atoms with Gasteiger partial charge >= 0.3 is 12.1 Å². The molecule has 10 heteroatoms. The third kappa shape index (κ3) is 3.01. The van der Waals surface area contributed by atoms with Gasteiger partial charge in [0.25, 0.3) is 5.69 Å². The molecule has 6 nitrogen and oxygen atoms in total. The van der Waals surface area contributed by atoms with Crippen molar-refractivity contribution in [2.75, 3.05) is 0 Å². The molecule has 1 aromatic rings. The maximum Gasteiger partial charge on any atom is 0.417 e. The summed E-state index contributed by atoms with van der Waals surface area (Å²) in [4.78, 5) is 20.1. The van der Waals surface area contributed by atoms with Crippen LogP contribution in [0.5, 0.6) is 0 Å². The van der Waals surface area contributed by atoms with Crippen LogP contribution in [0.25, 0.3) is 0 Å². The Labute approximate surface area is 111 Å². The molecule has 0 spiro atoms. The topological polar surface area (TPSA) is 101 Å². The standard InChI is InChI=1S/C9H5BrF3NO5/c10-5-4(9(11,12)13)2-1-3(6(5)14(18)19)7(15)8(16)17/h1-2,7,15H,(H,16,17). The van der Waals surface area contributed by atoms with Gasteiger partial charge in [-0.1, -0.05) is 0 Å². The SMILES string of the molecule is O=C(O)C(O)c1ccc(C(F)(F)F)c(Br)c1[N+](=O)[O-]. The van der Waals surface area contributed by atoms with Crippen molar-refractivity contribution in [3.8, 4) is 0 Å². The summed E-state index contributed by atoms with van der Waals surface area (Å²) in [6.45, 7) is 0. The van der Waals surface area contributed by atoms with Crippen molar-refractivity contribution < 1.29 is 33.1 Å². The number of carboxylic acids is 1. The van der Waals surface area contributed by atoms with Crippen LogP contribution in [0.1, 0.15) is 17.2 Å². The summed E-state index contributed by atoms with van der Waals surface area (Å²) >= 11 is 2.42. The van der Waals surface area contributed by atoms with Crippen molar-refractivity contribution in [3.05, 3.63) is 37.8 Å². The fourth-order valence-electron chi connectivity index (χ4n) is 1.34. The molecule has 0 amide bonds. The Kier molecular flexibility index (Phi) is 4.15. The molecule has 0 aliphatic heterocycles. The van der Waals surface area contributed by atoms with Crippen LogP contribution in [0.3, 0.4) is 0 Å². The van der Waals surface area contributed by atoms with Gasteiger partial charge in [-0.3, -0.25) is 10.1 Å². The zero-order chi connectivity index (χ0) is 15.0. The number of hydrogen-bond donors (Lipinski definition) is 2. The van der Waals surface area contributed by atoms with E-state index >= 15 is 0 Å². The first-order chi connectivity index (χ1) is 8.57. The minimum Gasteiger partial charge on any atom is -0.479 e. The Morgan fingerprint density at radius 3 is 2.32 bits per heavy atom. The highest BCUT2D eigenvalue weighted by atomic mass is 79.9. The summed E-state index contributed by atoms with van der Waals surface area (Å²) in [7, 11) is 0. The first-order valence-corrected chi connectivity index (χ1v) is 5.31. The van der Waals surface area contributed by atoms with Gasteiger partial charge in [-0.25, -0.2) is 4.79 Å². The van der Waals surface area contributed by atoms with Gasteiger partial charge in [0.05, 0.1) is 16.1 Å². The van der Waals surface area contributed by atoms with Crippen molar-refractivity contribution >= 4 is 27.6 Å². The van der Waals surface area contributed by atoms with E-state index in [-0.39, 0.29) is 0 Å². The van der Waals surface area contributed by atoms with Crippen molar-refractivity contribution in [2.45, 2.75) is 12.3 Å². The summed E-state index contributed by atoms with van der Waals surface area (Å²) < 4.78 is 36.7. The number of halogens is 4. The van der Waals surface area contributed by atoms with Crippen LogP contribution in [0.4, 0.5) is 18.9 Å². The van der Waals surface area contributed by atoms with Gasteiger partial charge in [-0.15, -0.1) is 0 Å². The number of rotatable bonds is 3. The van der Waals surface area contributed by atoms with Crippen LogP contribution in [0.2, 0.25) is 0 Å². The highest BCUT2D eigenvalue weighted by molar-refractivity contribution is 9.10. The van der Waals surface area contributed by atoms with Gasteiger partial charge in [0.1, 0.15) is 4.47 Å². The molecular formula is C9H5BrF3NO5. The van der Waals surface area contributed by atoms with E-state index in [1.807, 2.05) is 0 Å². The van der Waals surface area contributed by atoms with E-state index in [0.717, 1.165) is 0 Å². The molecule has 1 unspecified atom stereocenters. The molecule has 0 saturated carbocycles. The molecule has 0 fully saturated rings. The molecule has 0 aromatic heterocycles. The molecule has 2 N–H and O–H groups in total. The van der Waals surface area contributed by atoms with Crippen LogP contribution in [0, 0.1) is 10.1 Å². The second kappa shape index (κ2) is 5.13. The van der Waals surface area contributed by atoms with Crippen LogP contribution in [0.15, 0.2) is 16.6 Å².